The molecule has 1 aromatic carbocycles. The normalized spacial score (nSPS) is 21.2. The van der Waals surface area contributed by atoms with Gasteiger partial charge in [-0.2, -0.15) is 0 Å². The van der Waals surface area contributed by atoms with Crippen molar-refractivity contribution in [2.45, 2.75) is 57.5 Å². The Balaban J connectivity index is 1.68. The summed E-state index contributed by atoms with van der Waals surface area (Å²) in [6.07, 6.45) is 5.09. The first-order chi connectivity index (χ1) is 14.2. The number of ether oxygens (including phenoxy) is 1. The Bertz CT molecular complexity index is 938. The molecule has 9 nitrogen and oxygen atoms in total. The molecule has 2 aliphatic rings. The van der Waals surface area contributed by atoms with E-state index in [1.165, 1.54) is 25.1 Å². The summed E-state index contributed by atoms with van der Waals surface area (Å²) in [5, 5.41) is 10.9. The lowest BCUT2D eigenvalue weighted by Gasteiger charge is -2.38. The van der Waals surface area contributed by atoms with E-state index in [0.29, 0.717) is 12.0 Å². The van der Waals surface area contributed by atoms with E-state index in [2.05, 4.69) is 0 Å². The maximum atomic E-state index is 13.0. The second kappa shape index (κ2) is 9.11. The maximum Gasteiger partial charge on any atom is 0.338 e. The fourth-order valence-electron chi connectivity index (χ4n) is 4.33. The summed E-state index contributed by atoms with van der Waals surface area (Å²) in [6, 6.07) is 3.45. The molecule has 1 aliphatic carbocycles. The molecular formula is C20H26N2O7S. The molecule has 1 amide bonds. The average molecular weight is 439 g/mol. The summed E-state index contributed by atoms with van der Waals surface area (Å²) in [4.78, 5) is 37.3. The lowest BCUT2D eigenvalue weighted by Crippen LogP contribution is -2.50. The van der Waals surface area contributed by atoms with Crippen LogP contribution in [-0.2, 0) is 19.4 Å². The van der Waals surface area contributed by atoms with Crippen LogP contribution in [0.25, 0.3) is 0 Å². The van der Waals surface area contributed by atoms with Crippen molar-refractivity contribution < 1.29 is 27.7 Å². The van der Waals surface area contributed by atoms with Crippen LogP contribution >= 0.6 is 0 Å². The van der Waals surface area contributed by atoms with Crippen LogP contribution in [0.1, 0.15) is 54.4 Å². The van der Waals surface area contributed by atoms with Gasteiger partial charge in [0.1, 0.15) is 0 Å². The molecule has 3 rings (SSSR count). The second-order valence-electron chi connectivity index (χ2n) is 7.98. The van der Waals surface area contributed by atoms with Crippen molar-refractivity contribution >= 4 is 27.4 Å². The fraction of sp³-hybridized carbons (Fsp3) is 0.600. The lowest BCUT2D eigenvalue weighted by molar-refractivity contribution is -0.385. The van der Waals surface area contributed by atoms with Gasteiger partial charge in [0.05, 0.1) is 22.0 Å². The minimum Gasteiger partial charge on any atom is -0.452 e. The molecule has 1 heterocycles. The monoisotopic (exact) mass is 438 g/mol. The minimum absolute atomic E-state index is 0.0372. The van der Waals surface area contributed by atoms with Crippen molar-refractivity contribution in [1.82, 2.24) is 4.90 Å². The van der Waals surface area contributed by atoms with E-state index in [1.54, 1.807) is 4.90 Å². The zero-order chi connectivity index (χ0) is 21.9. The molecule has 1 atom stereocenters. The zero-order valence-corrected chi connectivity index (χ0v) is 17.7. The maximum absolute atomic E-state index is 13.0. The Labute approximate surface area is 175 Å². The van der Waals surface area contributed by atoms with Gasteiger partial charge in [0.2, 0.25) is 0 Å². The number of esters is 1. The van der Waals surface area contributed by atoms with Gasteiger partial charge in [0, 0.05) is 23.7 Å². The third-order valence-electron chi connectivity index (χ3n) is 5.81. The Kier molecular flexibility index (Phi) is 6.74. The molecule has 10 heteroatoms. The van der Waals surface area contributed by atoms with Crippen LogP contribution in [0.5, 0.6) is 0 Å². The molecule has 0 spiro atoms. The summed E-state index contributed by atoms with van der Waals surface area (Å²) < 4.78 is 29.1. The van der Waals surface area contributed by atoms with Crippen molar-refractivity contribution in [2.24, 2.45) is 0 Å². The van der Waals surface area contributed by atoms with E-state index in [1.807, 2.05) is 0 Å². The number of nitro benzene ring substituents is 1. The Morgan fingerprint density at radius 1 is 1.17 bits per heavy atom. The van der Waals surface area contributed by atoms with Gasteiger partial charge in [-0.15, -0.1) is 0 Å². The van der Waals surface area contributed by atoms with Crippen LogP contribution in [0.15, 0.2) is 18.2 Å². The van der Waals surface area contributed by atoms with Crippen molar-refractivity contribution in [3.8, 4) is 0 Å². The summed E-state index contributed by atoms with van der Waals surface area (Å²) >= 11 is 0. The van der Waals surface area contributed by atoms with Crippen LogP contribution < -0.4 is 0 Å². The highest BCUT2D eigenvalue weighted by molar-refractivity contribution is 7.91. The lowest BCUT2D eigenvalue weighted by atomic mass is 9.93. The molecular weight excluding hydrogens is 412 g/mol. The molecule has 1 saturated carbocycles. The first kappa shape index (κ1) is 22.2. The number of nitro groups is 1. The smallest absolute Gasteiger partial charge is 0.338 e. The van der Waals surface area contributed by atoms with Crippen LogP contribution in [0.3, 0.4) is 0 Å². The molecule has 0 N–H and O–H groups in total. The van der Waals surface area contributed by atoms with E-state index < -0.39 is 33.2 Å². The number of amides is 1. The van der Waals surface area contributed by atoms with Crippen molar-refractivity contribution in [1.29, 1.82) is 0 Å². The predicted octanol–water partition coefficient (Wildman–Crippen LogP) is 2.41. The van der Waals surface area contributed by atoms with Gasteiger partial charge in [-0.05, 0) is 38.3 Å². The standard InChI is InChI=1S/C20H26N2O7S/c1-14-11-15(7-8-18(14)22(25)26)20(24)29-12-19(23)21(16-5-3-2-4-6-16)17-9-10-30(27,28)13-17/h7-8,11,16-17H,2-6,9-10,12-13H2,1H3/t17-/m0/s1. The Morgan fingerprint density at radius 3 is 2.43 bits per heavy atom. The summed E-state index contributed by atoms with van der Waals surface area (Å²) in [6.45, 7) is 1.04. The van der Waals surface area contributed by atoms with Gasteiger partial charge < -0.3 is 9.64 Å². The average Bonchev–Trinajstić information content (AvgIpc) is 3.06. The Morgan fingerprint density at radius 2 is 1.87 bits per heavy atom. The number of sulfone groups is 1. The molecule has 1 aromatic rings. The fourth-order valence-corrected chi connectivity index (χ4v) is 6.04. The number of benzene rings is 1. The van der Waals surface area contributed by atoms with Crippen molar-refractivity contribution in [3.63, 3.8) is 0 Å². The van der Waals surface area contributed by atoms with Gasteiger partial charge in [-0.1, -0.05) is 19.3 Å². The first-order valence-electron chi connectivity index (χ1n) is 10.1. The van der Waals surface area contributed by atoms with Gasteiger partial charge in [-0.3, -0.25) is 14.9 Å². The van der Waals surface area contributed by atoms with Crippen molar-refractivity contribution in [2.75, 3.05) is 18.1 Å². The number of hydrogen-bond donors (Lipinski definition) is 0. The summed E-state index contributed by atoms with van der Waals surface area (Å²) in [5.41, 5.74) is 0.341. The number of nitrogens with zero attached hydrogens (tertiary/aromatic N) is 2. The van der Waals surface area contributed by atoms with Gasteiger partial charge in [-0.25, -0.2) is 13.2 Å². The highest BCUT2D eigenvalue weighted by Crippen LogP contribution is 2.28. The molecule has 30 heavy (non-hydrogen) atoms. The van der Waals surface area contributed by atoms with Gasteiger partial charge >= 0.3 is 5.97 Å². The molecule has 0 bridgehead atoms. The summed E-state index contributed by atoms with van der Waals surface area (Å²) in [5.74, 6) is -1.12. The molecule has 1 saturated heterocycles. The number of carbonyl (C=O) groups is 2. The molecule has 1 aliphatic heterocycles. The minimum atomic E-state index is -3.16. The van der Waals surface area contributed by atoms with Crippen LogP contribution in [-0.4, -0.2) is 60.3 Å². The van der Waals surface area contributed by atoms with Crippen LogP contribution in [0.2, 0.25) is 0 Å². The van der Waals surface area contributed by atoms with Crippen LogP contribution in [0.4, 0.5) is 5.69 Å². The number of carbonyl (C=O) groups excluding carboxylic acids is 2. The third-order valence-corrected chi connectivity index (χ3v) is 7.56. The van der Waals surface area contributed by atoms with Gasteiger partial charge in [0.25, 0.3) is 11.6 Å². The summed E-state index contributed by atoms with van der Waals surface area (Å²) in [7, 11) is -3.16. The molecule has 0 radical (unpaired) electrons. The molecule has 0 unspecified atom stereocenters. The molecule has 164 valence electrons. The number of aryl methyl sites for hydroxylation is 1. The zero-order valence-electron chi connectivity index (χ0n) is 16.9. The van der Waals surface area contributed by atoms with Crippen molar-refractivity contribution in [3.05, 3.63) is 39.4 Å². The van der Waals surface area contributed by atoms with E-state index in [0.717, 1.165) is 32.1 Å². The van der Waals surface area contributed by atoms with E-state index in [-0.39, 0.29) is 34.8 Å². The number of rotatable bonds is 6. The molecule has 0 aromatic heterocycles. The third kappa shape index (κ3) is 5.16. The largest absolute Gasteiger partial charge is 0.452 e. The van der Waals surface area contributed by atoms with E-state index >= 15 is 0 Å². The van der Waals surface area contributed by atoms with E-state index in [4.69, 9.17) is 4.74 Å². The second-order valence-corrected chi connectivity index (χ2v) is 10.2. The topological polar surface area (TPSA) is 124 Å². The SMILES string of the molecule is Cc1cc(C(=O)OCC(=O)N(C2CCCCC2)[C@H]2CCS(=O)(=O)C2)ccc1[N+](=O)[O-]. The number of hydrogen-bond acceptors (Lipinski definition) is 7. The first-order valence-corrected chi connectivity index (χ1v) is 11.9. The quantitative estimate of drug-likeness (QED) is 0.379. The highest BCUT2D eigenvalue weighted by Gasteiger charge is 2.38. The Hall–Kier alpha value is -2.49. The van der Waals surface area contributed by atoms with Crippen LogP contribution in [0, 0.1) is 17.0 Å². The van der Waals surface area contributed by atoms with E-state index in [9.17, 15) is 28.1 Å². The molecule has 2 fully saturated rings. The predicted molar refractivity (Wildman–Crippen MR) is 109 cm³/mol. The highest BCUT2D eigenvalue weighted by atomic mass is 32.2. The van der Waals surface area contributed by atoms with Gasteiger partial charge in [0.15, 0.2) is 16.4 Å².